The highest BCUT2D eigenvalue weighted by Gasteiger charge is 2.11. The first-order valence-corrected chi connectivity index (χ1v) is 9.63. The summed E-state index contributed by atoms with van der Waals surface area (Å²) in [5, 5.41) is 0. The minimum absolute atomic E-state index is 0.133. The van der Waals surface area contributed by atoms with Crippen LogP contribution in [0, 0.1) is 6.92 Å². The van der Waals surface area contributed by atoms with Crippen LogP contribution in [0.1, 0.15) is 25.3 Å². The first kappa shape index (κ1) is 17.5. The quantitative estimate of drug-likeness (QED) is 0.415. The van der Waals surface area contributed by atoms with Crippen molar-refractivity contribution in [2.24, 2.45) is 5.84 Å². The van der Waals surface area contributed by atoms with E-state index in [4.69, 9.17) is 5.84 Å². The number of nitrogens with one attached hydrogen (secondary N) is 1. The van der Waals surface area contributed by atoms with Gasteiger partial charge in [0.2, 0.25) is 0 Å². The maximum Gasteiger partial charge on any atom is 0.150 e. The molecule has 0 aromatic heterocycles. The molecule has 0 saturated carbocycles. The molecule has 3 N–H and O–H groups in total. The first-order chi connectivity index (χ1) is 9.46. The predicted octanol–water partition coefficient (Wildman–Crippen LogP) is 2.13. The molecule has 0 fully saturated rings. The number of hydrazine groups is 1. The van der Waals surface area contributed by atoms with E-state index in [0.717, 1.165) is 12.2 Å². The second-order valence-corrected chi connectivity index (χ2v) is 8.43. The Labute approximate surface area is 126 Å². The Kier molecular flexibility index (Phi) is 7.58. The molecule has 1 atom stereocenters. The topological polar surface area (TPSA) is 72.2 Å². The summed E-state index contributed by atoms with van der Waals surface area (Å²) >= 11 is 1.73. The Morgan fingerprint density at radius 1 is 1.30 bits per heavy atom. The summed E-state index contributed by atoms with van der Waals surface area (Å²) in [5.41, 5.74) is 4.02. The number of hydrogen-bond donors (Lipinski definition) is 2. The lowest BCUT2D eigenvalue weighted by Crippen LogP contribution is -2.37. The fourth-order valence-corrected chi connectivity index (χ4v) is 3.62. The van der Waals surface area contributed by atoms with Crippen molar-refractivity contribution in [1.82, 2.24) is 5.43 Å². The van der Waals surface area contributed by atoms with Crippen LogP contribution in [0.4, 0.5) is 0 Å². The summed E-state index contributed by atoms with van der Waals surface area (Å²) in [6.07, 6.45) is 1.42. The minimum Gasteiger partial charge on any atom is -0.271 e. The van der Waals surface area contributed by atoms with Gasteiger partial charge in [-0.1, -0.05) is 24.6 Å². The molecular weight excluding hydrogens is 292 g/mol. The van der Waals surface area contributed by atoms with Crippen LogP contribution in [0.25, 0.3) is 0 Å². The molecule has 0 radical (unpaired) electrons. The Hall–Kier alpha value is -0.560. The van der Waals surface area contributed by atoms with Crippen molar-refractivity contribution in [2.45, 2.75) is 37.6 Å². The molecule has 0 aliphatic carbocycles. The highest BCUT2D eigenvalue weighted by Crippen LogP contribution is 2.20. The van der Waals surface area contributed by atoms with Gasteiger partial charge in [0.05, 0.1) is 5.75 Å². The van der Waals surface area contributed by atoms with Gasteiger partial charge in [-0.3, -0.25) is 11.3 Å². The lowest BCUT2D eigenvalue weighted by atomic mass is 10.2. The average Bonchev–Trinajstić information content (AvgIpc) is 2.44. The monoisotopic (exact) mass is 316 g/mol. The molecule has 0 bridgehead atoms. The van der Waals surface area contributed by atoms with Crippen molar-refractivity contribution >= 4 is 21.6 Å². The predicted molar refractivity (Wildman–Crippen MR) is 86.6 cm³/mol. The standard InChI is InChI=1S/C14H24N2O2S2/c1-3-20(17,18)10-4-5-13(16-15)11-19-14-8-6-12(2)7-9-14/h6-9,13,16H,3-5,10-11,15H2,1-2H3. The number of nitrogens with two attached hydrogens (primary N) is 1. The Balaban J connectivity index is 2.34. The minimum atomic E-state index is -2.87. The molecule has 1 rings (SSSR count). The number of sulfone groups is 1. The zero-order valence-electron chi connectivity index (χ0n) is 12.1. The molecule has 0 aliphatic rings. The van der Waals surface area contributed by atoms with E-state index in [1.165, 1.54) is 10.5 Å². The van der Waals surface area contributed by atoms with E-state index in [2.05, 4.69) is 36.6 Å². The summed E-state index contributed by atoms with van der Waals surface area (Å²) in [7, 11) is -2.87. The van der Waals surface area contributed by atoms with E-state index in [0.29, 0.717) is 6.42 Å². The summed E-state index contributed by atoms with van der Waals surface area (Å²) in [5.74, 6) is 6.83. The van der Waals surface area contributed by atoms with Crippen LogP contribution in [0.5, 0.6) is 0 Å². The van der Waals surface area contributed by atoms with Crippen molar-refractivity contribution in [1.29, 1.82) is 0 Å². The largest absolute Gasteiger partial charge is 0.271 e. The molecule has 1 unspecified atom stereocenters. The van der Waals surface area contributed by atoms with Gasteiger partial charge in [-0.25, -0.2) is 8.42 Å². The summed E-state index contributed by atoms with van der Waals surface area (Å²) < 4.78 is 22.8. The Morgan fingerprint density at radius 2 is 1.95 bits per heavy atom. The first-order valence-electron chi connectivity index (χ1n) is 6.83. The molecule has 0 spiro atoms. The molecule has 0 saturated heterocycles. The van der Waals surface area contributed by atoms with Crippen LogP contribution in [0.3, 0.4) is 0 Å². The maximum atomic E-state index is 11.4. The van der Waals surface area contributed by atoms with E-state index in [9.17, 15) is 8.42 Å². The highest BCUT2D eigenvalue weighted by atomic mass is 32.2. The number of benzene rings is 1. The number of rotatable bonds is 9. The molecule has 6 heteroatoms. The van der Waals surface area contributed by atoms with Crippen molar-refractivity contribution in [3.8, 4) is 0 Å². The second-order valence-electron chi connectivity index (χ2n) is 4.87. The fraction of sp³-hybridized carbons (Fsp3) is 0.571. The van der Waals surface area contributed by atoms with Gasteiger partial charge in [0.15, 0.2) is 0 Å². The third-order valence-electron chi connectivity index (χ3n) is 3.16. The highest BCUT2D eigenvalue weighted by molar-refractivity contribution is 7.99. The van der Waals surface area contributed by atoms with Gasteiger partial charge in [-0.2, -0.15) is 0 Å². The van der Waals surface area contributed by atoms with Gasteiger partial charge in [-0.05, 0) is 31.9 Å². The molecule has 1 aromatic rings. The van der Waals surface area contributed by atoms with Crippen molar-refractivity contribution < 1.29 is 8.42 Å². The zero-order chi connectivity index (χ0) is 15.0. The average molecular weight is 316 g/mol. The van der Waals surface area contributed by atoms with Gasteiger partial charge in [-0.15, -0.1) is 11.8 Å². The Morgan fingerprint density at radius 3 is 2.50 bits per heavy atom. The van der Waals surface area contributed by atoms with Crippen LogP contribution in [0.2, 0.25) is 0 Å². The smallest absolute Gasteiger partial charge is 0.150 e. The lowest BCUT2D eigenvalue weighted by Gasteiger charge is -2.15. The molecular formula is C14H24N2O2S2. The van der Waals surface area contributed by atoms with Crippen LogP contribution >= 0.6 is 11.8 Å². The van der Waals surface area contributed by atoms with Crippen LogP contribution < -0.4 is 11.3 Å². The van der Waals surface area contributed by atoms with E-state index in [1.54, 1.807) is 18.7 Å². The van der Waals surface area contributed by atoms with Crippen molar-refractivity contribution in [2.75, 3.05) is 17.3 Å². The van der Waals surface area contributed by atoms with Crippen LogP contribution in [0.15, 0.2) is 29.2 Å². The van der Waals surface area contributed by atoms with Crippen LogP contribution in [-0.4, -0.2) is 31.7 Å². The van der Waals surface area contributed by atoms with Crippen molar-refractivity contribution in [3.05, 3.63) is 29.8 Å². The Bertz CT molecular complexity index is 486. The van der Waals surface area contributed by atoms with E-state index >= 15 is 0 Å². The third-order valence-corrected chi connectivity index (χ3v) is 6.12. The molecule has 1 aromatic carbocycles. The number of aryl methyl sites for hydroxylation is 1. The van der Waals surface area contributed by atoms with Crippen LogP contribution in [-0.2, 0) is 9.84 Å². The van der Waals surface area contributed by atoms with Gasteiger partial charge < -0.3 is 0 Å². The second kappa shape index (κ2) is 8.67. The van der Waals surface area contributed by atoms with E-state index in [1.807, 2.05) is 0 Å². The molecule has 0 heterocycles. The summed E-state index contributed by atoms with van der Waals surface area (Å²) in [4.78, 5) is 1.21. The molecule has 0 amide bonds. The number of hydrogen-bond acceptors (Lipinski definition) is 5. The number of thioether (sulfide) groups is 1. The molecule has 4 nitrogen and oxygen atoms in total. The normalized spacial score (nSPS) is 13.3. The molecule has 20 heavy (non-hydrogen) atoms. The third kappa shape index (κ3) is 6.74. The van der Waals surface area contributed by atoms with E-state index in [-0.39, 0.29) is 17.5 Å². The molecule has 114 valence electrons. The lowest BCUT2D eigenvalue weighted by molar-refractivity contribution is 0.528. The van der Waals surface area contributed by atoms with Gasteiger partial charge in [0.1, 0.15) is 9.84 Å². The molecule has 0 aliphatic heterocycles. The SMILES string of the molecule is CCS(=O)(=O)CCCC(CSc1ccc(C)cc1)NN. The summed E-state index contributed by atoms with van der Waals surface area (Å²) in [6, 6.07) is 8.49. The van der Waals surface area contributed by atoms with Gasteiger partial charge in [0, 0.05) is 22.4 Å². The zero-order valence-corrected chi connectivity index (χ0v) is 13.8. The van der Waals surface area contributed by atoms with Gasteiger partial charge >= 0.3 is 0 Å². The van der Waals surface area contributed by atoms with Crippen molar-refractivity contribution in [3.63, 3.8) is 0 Å². The van der Waals surface area contributed by atoms with Gasteiger partial charge in [0.25, 0.3) is 0 Å². The van der Waals surface area contributed by atoms with E-state index < -0.39 is 9.84 Å². The summed E-state index contributed by atoms with van der Waals surface area (Å²) in [6.45, 7) is 3.74. The fourth-order valence-electron chi connectivity index (χ4n) is 1.74. The maximum absolute atomic E-state index is 11.4.